The Morgan fingerprint density at radius 1 is 1.00 bits per heavy atom. The summed E-state index contributed by atoms with van der Waals surface area (Å²) >= 11 is 0. The predicted molar refractivity (Wildman–Crippen MR) is 88.6 cm³/mol. The fourth-order valence-corrected chi connectivity index (χ4v) is 2.91. The van der Waals surface area contributed by atoms with Gasteiger partial charge in [0.05, 0.1) is 0 Å². The molecule has 0 saturated carbocycles. The van der Waals surface area contributed by atoms with E-state index in [-0.39, 0.29) is 18.4 Å². The number of piperidine rings is 1. The molecule has 2 aliphatic rings. The van der Waals surface area contributed by atoms with Crippen LogP contribution >= 0.6 is 0 Å². The largest absolute Gasteiger partial charge is 0.454 e. The first-order valence-electron chi connectivity index (χ1n) is 8.09. The molecule has 1 N–H and O–H groups in total. The second-order valence-electron chi connectivity index (χ2n) is 5.85. The third-order valence-corrected chi connectivity index (χ3v) is 4.19. The van der Waals surface area contributed by atoms with Crippen molar-refractivity contribution in [3.8, 4) is 11.5 Å². The van der Waals surface area contributed by atoms with Gasteiger partial charge in [-0.3, -0.25) is 4.79 Å². The Hall–Kier alpha value is -2.83. The van der Waals surface area contributed by atoms with Crippen LogP contribution in [0.3, 0.4) is 0 Å². The van der Waals surface area contributed by atoms with E-state index in [0.717, 1.165) is 18.9 Å². The number of rotatable bonds is 3. The molecule has 124 valence electrons. The lowest BCUT2D eigenvalue weighted by molar-refractivity contribution is 0.102. The van der Waals surface area contributed by atoms with Gasteiger partial charge in [-0.1, -0.05) is 0 Å². The number of hydrogen-bond acceptors (Lipinski definition) is 6. The maximum Gasteiger partial charge on any atom is 0.276 e. The van der Waals surface area contributed by atoms with Gasteiger partial charge in [0.1, 0.15) is 0 Å². The predicted octanol–water partition coefficient (Wildman–Crippen LogP) is 2.45. The van der Waals surface area contributed by atoms with Crippen molar-refractivity contribution in [1.82, 2.24) is 10.2 Å². The van der Waals surface area contributed by atoms with Crippen LogP contribution in [-0.2, 0) is 0 Å². The highest BCUT2D eigenvalue weighted by Gasteiger charge is 2.16. The van der Waals surface area contributed by atoms with E-state index >= 15 is 0 Å². The number of nitrogens with one attached hydrogen (secondary N) is 1. The summed E-state index contributed by atoms with van der Waals surface area (Å²) in [6.45, 7) is 2.20. The van der Waals surface area contributed by atoms with Crippen LogP contribution in [0.5, 0.6) is 11.5 Å². The van der Waals surface area contributed by atoms with Gasteiger partial charge >= 0.3 is 0 Å². The molecule has 0 atom stereocenters. The lowest BCUT2D eigenvalue weighted by atomic mass is 10.1. The quantitative estimate of drug-likeness (QED) is 0.933. The number of fused-ring (bicyclic) bond motifs is 1. The molecular formula is C17H18N4O3. The number of hydrogen-bond donors (Lipinski definition) is 1. The maximum absolute atomic E-state index is 12.3. The monoisotopic (exact) mass is 326 g/mol. The van der Waals surface area contributed by atoms with Crippen LogP contribution in [0.1, 0.15) is 29.8 Å². The number of benzene rings is 1. The van der Waals surface area contributed by atoms with E-state index in [1.54, 1.807) is 24.3 Å². The first-order valence-corrected chi connectivity index (χ1v) is 8.09. The summed E-state index contributed by atoms with van der Waals surface area (Å²) in [6, 6.07) is 8.83. The van der Waals surface area contributed by atoms with Crippen LogP contribution < -0.4 is 19.7 Å². The molecule has 24 heavy (non-hydrogen) atoms. The van der Waals surface area contributed by atoms with Crippen molar-refractivity contribution in [3.63, 3.8) is 0 Å². The molecule has 0 bridgehead atoms. The van der Waals surface area contributed by atoms with Gasteiger partial charge in [-0.05, 0) is 43.5 Å². The molecule has 0 spiro atoms. The van der Waals surface area contributed by atoms with Crippen LogP contribution in [0.15, 0.2) is 30.3 Å². The Morgan fingerprint density at radius 3 is 2.62 bits per heavy atom. The minimum absolute atomic E-state index is 0.205. The molecule has 1 saturated heterocycles. The molecule has 7 nitrogen and oxygen atoms in total. The van der Waals surface area contributed by atoms with E-state index in [4.69, 9.17) is 9.47 Å². The highest BCUT2D eigenvalue weighted by atomic mass is 16.7. The lowest BCUT2D eigenvalue weighted by Crippen LogP contribution is -2.30. The molecule has 0 radical (unpaired) electrons. The number of ether oxygens (including phenoxy) is 2. The zero-order valence-electron chi connectivity index (χ0n) is 13.2. The van der Waals surface area contributed by atoms with E-state index in [1.165, 1.54) is 19.3 Å². The smallest absolute Gasteiger partial charge is 0.276 e. The SMILES string of the molecule is O=C(Nc1ccc2c(c1)OCO2)c1ccc(N2CCCCC2)nn1. The number of aromatic nitrogens is 2. The van der Waals surface area contributed by atoms with Crippen molar-refractivity contribution in [2.75, 3.05) is 30.1 Å². The van der Waals surface area contributed by atoms with E-state index in [0.29, 0.717) is 17.2 Å². The van der Waals surface area contributed by atoms with Crippen molar-refractivity contribution in [1.29, 1.82) is 0 Å². The van der Waals surface area contributed by atoms with Crippen molar-refractivity contribution >= 4 is 17.4 Å². The van der Waals surface area contributed by atoms with Crippen molar-refractivity contribution in [2.45, 2.75) is 19.3 Å². The van der Waals surface area contributed by atoms with Gasteiger partial charge in [0, 0.05) is 24.8 Å². The molecule has 3 heterocycles. The third kappa shape index (κ3) is 2.97. The van der Waals surface area contributed by atoms with Gasteiger partial charge in [-0.2, -0.15) is 0 Å². The van der Waals surface area contributed by atoms with Crippen LogP contribution in [0, 0.1) is 0 Å². The van der Waals surface area contributed by atoms with Gasteiger partial charge in [0.15, 0.2) is 23.0 Å². The van der Waals surface area contributed by atoms with Crippen LogP contribution in [0.25, 0.3) is 0 Å². The summed E-state index contributed by atoms with van der Waals surface area (Å²) in [7, 11) is 0. The Kier molecular flexibility index (Phi) is 3.90. The summed E-state index contributed by atoms with van der Waals surface area (Å²) in [5.41, 5.74) is 0.916. The van der Waals surface area contributed by atoms with Crippen molar-refractivity contribution in [2.24, 2.45) is 0 Å². The summed E-state index contributed by atoms with van der Waals surface area (Å²) in [4.78, 5) is 14.5. The number of nitrogens with zero attached hydrogens (tertiary/aromatic N) is 3. The molecule has 4 rings (SSSR count). The molecule has 2 aliphatic heterocycles. The normalized spacial score (nSPS) is 16.1. The Balaban J connectivity index is 1.44. The fourth-order valence-electron chi connectivity index (χ4n) is 2.91. The number of anilines is 2. The van der Waals surface area contributed by atoms with Crippen LogP contribution in [0.2, 0.25) is 0 Å². The number of carbonyl (C=O) groups is 1. The molecule has 1 fully saturated rings. The molecule has 7 heteroatoms. The van der Waals surface area contributed by atoms with Crippen molar-refractivity contribution in [3.05, 3.63) is 36.0 Å². The van der Waals surface area contributed by atoms with Crippen LogP contribution in [-0.4, -0.2) is 36.0 Å². The fraction of sp³-hybridized carbons (Fsp3) is 0.353. The average Bonchev–Trinajstić information content (AvgIpc) is 3.10. The first-order chi connectivity index (χ1) is 11.8. The molecule has 0 unspecified atom stereocenters. The highest BCUT2D eigenvalue weighted by Crippen LogP contribution is 2.34. The highest BCUT2D eigenvalue weighted by molar-refractivity contribution is 6.03. The zero-order valence-corrected chi connectivity index (χ0v) is 13.2. The number of carbonyl (C=O) groups excluding carboxylic acids is 1. The Bertz CT molecular complexity index is 742. The summed E-state index contributed by atoms with van der Waals surface area (Å²) in [6.07, 6.45) is 3.61. The summed E-state index contributed by atoms with van der Waals surface area (Å²) in [5.74, 6) is 1.83. The van der Waals surface area contributed by atoms with Gasteiger partial charge in [-0.15, -0.1) is 10.2 Å². The minimum atomic E-state index is -0.299. The Labute approximate surface area is 139 Å². The average molecular weight is 326 g/mol. The van der Waals surface area contributed by atoms with E-state index in [1.807, 2.05) is 6.07 Å². The maximum atomic E-state index is 12.3. The molecule has 2 aromatic rings. The molecule has 1 aromatic carbocycles. The molecule has 0 aliphatic carbocycles. The molecule has 1 amide bonds. The first kappa shape index (κ1) is 14.7. The topological polar surface area (TPSA) is 76.6 Å². The Morgan fingerprint density at radius 2 is 1.83 bits per heavy atom. The second-order valence-corrected chi connectivity index (χ2v) is 5.85. The van der Waals surface area contributed by atoms with E-state index in [9.17, 15) is 4.79 Å². The van der Waals surface area contributed by atoms with E-state index < -0.39 is 0 Å². The number of amides is 1. The zero-order chi connectivity index (χ0) is 16.4. The standard InChI is InChI=1S/C17H18N4O3/c22-17(18-12-4-6-14-15(10-12)24-11-23-14)13-5-7-16(20-19-13)21-8-2-1-3-9-21/h4-7,10H,1-3,8-9,11H2,(H,18,22). The van der Waals surface area contributed by atoms with Gasteiger partial charge in [0.25, 0.3) is 5.91 Å². The third-order valence-electron chi connectivity index (χ3n) is 4.19. The van der Waals surface area contributed by atoms with Gasteiger partial charge in [-0.25, -0.2) is 0 Å². The second kappa shape index (κ2) is 6.35. The lowest BCUT2D eigenvalue weighted by Gasteiger charge is -2.27. The van der Waals surface area contributed by atoms with Gasteiger partial charge < -0.3 is 19.7 Å². The summed E-state index contributed by atoms with van der Waals surface area (Å²) < 4.78 is 10.6. The minimum Gasteiger partial charge on any atom is -0.454 e. The van der Waals surface area contributed by atoms with E-state index in [2.05, 4.69) is 20.4 Å². The molecular weight excluding hydrogens is 308 g/mol. The van der Waals surface area contributed by atoms with Gasteiger partial charge in [0.2, 0.25) is 6.79 Å². The van der Waals surface area contributed by atoms with Crippen molar-refractivity contribution < 1.29 is 14.3 Å². The van der Waals surface area contributed by atoms with Crippen LogP contribution in [0.4, 0.5) is 11.5 Å². The molecule has 1 aromatic heterocycles. The summed E-state index contributed by atoms with van der Waals surface area (Å²) in [5, 5.41) is 11.1.